The Morgan fingerprint density at radius 3 is 2.39 bits per heavy atom. The Kier molecular flexibility index (Phi) is 6.55. The number of anilines is 1. The van der Waals surface area contributed by atoms with E-state index in [-0.39, 0.29) is 17.1 Å². The van der Waals surface area contributed by atoms with Crippen LogP contribution in [0.25, 0.3) is 0 Å². The van der Waals surface area contributed by atoms with Crippen molar-refractivity contribution in [3.8, 4) is 5.75 Å². The van der Waals surface area contributed by atoms with Crippen molar-refractivity contribution in [3.05, 3.63) is 59.7 Å². The van der Waals surface area contributed by atoms with Crippen LogP contribution in [0, 0.1) is 0 Å². The number of amides is 2. The molecule has 1 spiro atoms. The average Bonchev–Trinajstić information content (AvgIpc) is 3.15. The van der Waals surface area contributed by atoms with Crippen LogP contribution < -0.4 is 15.0 Å². The number of hydrogen-bond acceptors (Lipinski definition) is 5. The van der Waals surface area contributed by atoms with Crippen LogP contribution in [0.4, 0.5) is 10.5 Å². The number of hydrogen-bond donors (Lipinski definition) is 2. The zero-order valence-electron chi connectivity index (χ0n) is 21.5. The van der Waals surface area contributed by atoms with Crippen LogP contribution >= 0.6 is 0 Å². The van der Waals surface area contributed by atoms with Crippen LogP contribution in [-0.4, -0.2) is 61.1 Å². The zero-order chi connectivity index (χ0) is 25.4. The quantitative estimate of drug-likeness (QED) is 0.535. The summed E-state index contributed by atoms with van der Waals surface area (Å²) in [6.07, 6.45) is 6.09. The number of β-amino-alcohol motifs (C(OH)–C–C–N with tert-alkyl or cyclic N) is 1. The molecule has 0 unspecified atom stereocenters. The lowest BCUT2D eigenvalue weighted by atomic mass is 9.68. The molecule has 2 aromatic carbocycles. The number of urea groups is 1. The van der Waals surface area contributed by atoms with Gasteiger partial charge in [0, 0.05) is 5.54 Å². The van der Waals surface area contributed by atoms with Gasteiger partial charge in [0.25, 0.3) is 0 Å². The van der Waals surface area contributed by atoms with E-state index in [1.54, 1.807) is 7.11 Å². The molecule has 1 heterocycles. The minimum absolute atomic E-state index is 0.0418. The summed E-state index contributed by atoms with van der Waals surface area (Å²) >= 11 is 0. The maximum atomic E-state index is 14.0. The molecule has 1 saturated heterocycles. The van der Waals surface area contributed by atoms with Crippen LogP contribution in [0.1, 0.15) is 56.1 Å². The van der Waals surface area contributed by atoms with Crippen LogP contribution in [-0.2, 0) is 12.1 Å². The number of carbonyl (C=O) groups excluding carboxylic acids is 1. The first-order chi connectivity index (χ1) is 17.4. The number of benzene rings is 2. The number of aliphatic imine (C=N–C) groups is 1. The fourth-order valence-electron chi connectivity index (χ4n) is 6.44. The summed E-state index contributed by atoms with van der Waals surface area (Å²) in [5.74, 6) is 0.661. The number of nitrogens with one attached hydrogen (secondary N) is 1. The van der Waals surface area contributed by atoms with Crippen LogP contribution in [0.15, 0.2) is 53.5 Å². The van der Waals surface area contributed by atoms with E-state index in [9.17, 15) is 9.90 Å². The van der Waals surface area contributed by atoms with Crippen molar-refractivity contribution < 1.29 is 14.6 Å². The number of rotatable bonds is 8. The van der Waals surface area contributed by atoms with E-state index in [4.69, 9.17) is 4.74 Å². The zero-order valence-corrected chi connectivity index (χ0v) is 21.5. The smallest absolute Gasteiger partial charge is 0.325 e. The third-order valence-electron chi connectivity index (χ3n) is 8.89. The van der Waals surface area contributed by atoms with E-state index < -0.39 is 5.60 Å². The highest BCUT2D eigenvalue weighted by molar-refractivity contribution is 5.97. The van der Waals surface area contributed by atoms with Gasteiger partial charge in [-0.3, -0.25) is 9.89 Å². The van der Waals surface area contributed by atoms with Gasteiger partial charge < -0.3 is 20.1 Å². The molecular weight excluding hydrogens is 452 g/mol. The van der Waals surface area contributed by atoms with Gasteiger partial charge >= 0.3 is 6.03 Å². The van der Waals surface area contributed by atoms with Crippen LogP contribution in [0.5, 0.6) is 5.75 Å². The van der Waals surface area contributed by atoms with Gasteiger partial charge in [-0.05, 0) is 82.0 Å². The molecule has 36 heavy (non-hydrogen) atoms. The van der Waals surface area contributed by atoms with Gasteiger partial charge in [-0.25, -0.2) is 4.79 Å². The highest BCUT2D eigenvalue weighted by Crippen LogP contribution is 2.49. The van der Waals surface area contributed by atoms with Crippen molar-refractivity contribution in [3.63, 3.8) is 0 Å². The lowest BCUT2D eigenvalue weighted by Crippen LogP contribution is -2.59. The van der Waals surface area contributed by atoms with Crippen LogP contribution in [0.3, 0.4) is 0 Å². The molecule has 3 fully saturated rings. The lowest BCUT2D eigenvalue weighted by molar-refractivity contribution is -0.0690. The summed E-state index contributed by atoms with van der Waals surface area (Å²) in [5.41, 5.74) is 1.83. The van der Waals surface area contributed by atoms with Gasteiger partial charge in [0.15, 0.2) is 0 Å². The van der Waals surface area contributed by atoms with Gasteiger partial charge in [0.2, 0.25) is 0 Å². The highest BCUT2D eigenvalue weighted by atomic mass is 16.5. The molecule has 0 atom stereocenters. The topological polar surface area (TPSA) is 77.4 Å². The molecule has 2 N–H and O–H groups in total. The summed E-state index contributed by atoms with van der Waals surface area (Å²) < 4.78 is 5.71. The van der Waals surface area contributed by atoms with Crippen molar-refractivity contribution >= 4 is 18.4 Å². The molecular formula is C29H38N4O3. The fourth-order valence-corrected chi connectivity index (χ4v) is 6.44. The number of methoxy groups -OCH3 is 1. The lowest BCUT2D eigenvalue weighted by Gasteiger charge is -2.50. The Morgan fingerprint density at radius 2 is 1.81 bits per heavy atom. The number of aliphatic hydroxyl groups is 1. The van der Waals surface area contributed by atoms with Gasteiger partial charge in [0.05, 0.1) is 43.6 Å². The molecule has 7 nitrogen and oxygen atoms in total. The van der Waals surface area contributed by atoms with Gasteiger partial charge in [-0.15, -0.1) is 0 Å². The number of nitrogens with zero attached hydrogens (tertiary/aromatic N) is 3. The number of ether oxygens (including phenoxy) is 1. The third-order valence-corrected chi connectivity index (χ3v) is 8.89. The summed E-state index contributed by atoms with van der Waals surface area (Å²) in [5, 5.41) is 14.7. The first-order valence-corrected chi connectivity index (χ1v) is 13.0. The molecule has 0 aromatic heterocycles. The molecule has 2 amide bonds. The monoisotopic (exact) mass is 490 g/mol. The second kappa shape index (κ2) is 9.52. The molecule has 0 bridgehead atoms. The van der Waals surface area contributed by atoms with E-state index in [0.29, 0.717) is 25.4 Å². The first-order valence-electron chi connectivity index (χ1n) is 13.0. The molecule has 2 saturated carbocycles. The predicted molar refractivity (Wildman–Crippen MR) is 143 cm³/mol. The van der Waals surface area contributed by atoms with Gasteiger partial charge in [-0.1, -0.05) is 36.4 Å². The minimum atomic E-state index is -0.779. The van der Waals surface area contributed by atoms with Crippen molar-refractivity contribution in [2.75, 3.05) is 32.1 Å². The largest absolute Gasteiger partial charge is 0.495 e. The fraction of sp³-hybridized carbons (Fsp3) is 0.517. The summed E-state index contributed by atoms with van der Waals surface area (Å²) in [4.78, 5) is 21.9. The molecule has 3 aliphatic rings. The van der Waals surface area contributed by atoms with E-state index in [2.05, 4.69) is 47.4 Å². The Morgan fingerprint density at radius 1 is 1.08 bits per heavy atom. The molecule has 1 aliphatic heterocycles. The SMILES string of the molecule is C=NCc1ccc(N2C[C@]3(CC[C@@](NC)(c4ccccc4)CC3)N(CC3(O)CCC3)C2=O)c(OC)c1. The predicted octanol–water partition coefficient (Wildman–Crippen LogP) is 4.48. The molecule has 0 radical (unpaired) electrons. The standard InChI is InChI=1S/C29H38N4O3/c1-30-19-22-10-11-24(25(18-22)36-3)32-20-27(33(26(32)34)21-28(35)12-7-13-28)14-16-29(31-2,17-15-27)23-8-5-4-6-9-23/h4-6,8-11,18,31,35H,1,7,12-17,19-21H2,2-3H3/t27-,29+. The van der Waals surface area contributed by atoms with Crippen molar-refractivity contribution in [1.29, 1.82) is 0 Å². The Labute approximate surface area is 214 Å². The summed E-state index contributed by atoms with van der Waals surface area (Å²) in [6.45, 7) is 5.07. The van der Waals surface area contributed by atoms with E-state index in [1.165, 1.54) is 5.56 Å². The minimum Gasteiger partial charge on any atom is -0.495 e. The number of carbonyl (C=O) groups is 1. The van der Waals surface area contributed by atoms with Crippen LogP contribution in [0.2, 0.25) is 0 Å². The van der Waals surface area contributed by atoms with Gasteiger partial charge in [-0.2, -0.15) is 0 Å². The Balaban J connectivity index is 1.47. The highest BCUT2D eigenvalue weighted by Gasteiger charge is 2.56. The average molecular weight is 491 g/mol. The maximum absolute atomic E-state index is 14.0. The molecule has 5 rings (SSSR count). The molecule has 2 aromatic rings. The molecule has 7 heteroatoms. The normalized spacial score (nSPS) is 27.2. The molecule has 192 valence electrons. The van der Waals surface area contributed by atoms with E-state index in [1.807, 2.05) is 35.0 Å². The Hall–Kier alpha value is -2.90. The maximum Gasteiger partial charge on any atom is 0.325 e. The molecule has 2 aliphatic carbocycles. The van der Waals surface area contributed by atoms with Gasteiger partial charge in [0.1, 0.15) is 5.75 Å². The summed E-state index contributed by atoms with van der Waals surface area (Å²) in [7, 11) is 3.67. The van der Waals surface area contributed by atoms with Crippen molar-refractivity contribution in [2.24, 2.45) is 4.99 Å². The van der Waals surface area contributed by atoms with E-state index >= 15 is 0 Å². The first kappa shape index (κ1) is 24.8. The van der Waals surface area contributed by atoms with Crippen molar-refractivity contribution in [1.82, 2.24) is 10.2 Å². The second-order valence-corrected chi connectivity index (χ2v) is 10.8. The van der Waals surface area contributed by atoms with E-state index in [0.717, 1.165) is 56.2 Å². The second-order valence-electron chi connectivity index (χ2n) is 10.8. The third kappa shape index (κ3) is 4.18. The summed E-state index contributed by atoms with van der Waals surface area (Å²) in [6, 6.07) is 16.5. The Bertz CT molecular complexity index is 1110. The van der Waals surface area contributed by atoms with Crippen molar-refractivity contribution in [2.45, 2.75) is 68.2 Å².